The van der Waals surface area contributed by atoms with E-state index >= 15 is 0 Å². The van der Waals surface area contributed by atoms with Crippen LogP contribution in [-0.4, -0.2) is 28.5 Å². The van der Waals surface area contributed by atoms with E-state index in [1.165, 1.54) is 0 Å². The molecule has 1 amide bonds. The summed E-state index contributed by atoms with van der Waals surface area (Å²) in [4.78, 5) is 19.7. The van der Waals surface area contributed by atoms with Gasteiger partial charge in [-0.05, 0) is 19.8 Å². The van der Waals surface area contributed by atoms with Gasteiger partial charge in [-0.2, -0.15) is 4.98 Å². The number of aryl methyl sites for hydroxylation is 1. The van der Waals surface area contributed by atoms with Crippen molar-refractivity contribution < 1.29 is 4.79 Å². The first kappa shape index (κ1) is 12.6. The molecule has 0 saturated heterocycles. The van der Waals surface area contributed by atoms with Crippen LogP contribution in [0.4, 0.5) is 11.8 Å². The van der Waals surface area contributed by atoms with Gasteiger partial charge in [0.1, 0.15) is 5.82 Å². The van der Waals surface area contributed by atoms with E-state index in [0.29, 0.717) is 30.8 Å². The van der Waals surface area contributed by atoms with Crippen LogP contribution in [0, 0.1) is 6.92 Å². The summed E-state index contributed by atoms with van der Waals surface area (Å²) < 4.78 is 0. The molecule has 0 radical (unpaired) electrons. The first-order valence-electron chi connectivity index (χ1n) is 6.03. The Morgan fingerprint density at radius 2 is 2.28 bits per heavy atom. The Kier molecular flexibility index (Phi) is 3.93. The van der Waals surface area contributed by atoms with Gasteiger partial charge < -0.3 is 10.6 Å². The number of nitrogens with two attached hydrogens (primary N) is 1. The van der Waals surface area contributed by atoms with Crippen LogP contribution in [0.15, 0.2) is 6.07 Å². The third-order valence-electron chi connectivity index (χ3n) is 2.58. The Morgan fingerprint density at radius 3 is 2.94 bits per heavy atom. The van der Waals surface area contributed by atoms with Crippen LogP contribution in [0.1, 0.15) is 25.0 Å². The molecule has 1 aromatic heterocycles. The van der Waals surface area contributed by atoms with E-state index in [4.69, 9.17) is 5.84 Å². The Bertz CT molecular complexity index is 432. The van der Waals surface area contributed by atoms with E-state index in [-0.39, 0.29) is 5.91 Å². The molecule has 2 rings (SSSR count). The number of hydrogen-bond donors (Lipinski definition) is 4. The topological polar surface area (TPSA) is 105 Å². The van der Waals surface area contributed by atoms with Crippen LogP contribution in [0.2, 0.25) is 0 Å². The van der Waals surface area contributed by atoms with E-state index in [2.05, 4.69) is 26.0 Å². The molecule has 1 heterocycles. The summed E-state index contributed by atoms with van der Waals surface area (Å²) in [5, 5.41) is 6.01. The van der Waals surface area contributed by atoms with Crippen molar-refractivity contribution in [2.24, 2.45) is 5.84 Å². The average Bonchev–Trinajstić information content (AvgIpc) is 3.12. The maximum absolute atomic E-state index is 11.5. The first-order chi connectivity index (χ1) is 8.67. The molecule has 0 aromatic carbocycles. The Hall–Kier alpha value is -1.89. The maximum Gasteiger partial charge on any atom is 0.239 e. The van der Waals surface area contributed by atoms with Crippen LogP contribution in [0.5, 0.6) is 0 Å². The second-order valence-electron chi connectivity index (χ2n) is 4.38. The molecule has 1 fully saturated rings. The van der Waals surface area contributed by atoms with Gasteiger partial charge in [0.05, 0.1) is 0 Å². The van der Waals surface area contributed by atoms with Crippen molar-refractivity contribution in [3.05, 3.63) is 11.8 Å². The number of aromatic nitrogens is 2. The van der Waals surface area contributed by atoms with Gasteiger partial charge in [-0.1, -0.05) is 0 Å². The second-order valence-corrected chi connectivity index (χ2v) is 4.38. The molecule has 1 aliphatic rings. The quantitative estimate of drug-likeness (QED) is 0.423. The molecular weight excluding hydrogens is 232 g/mol. The van der Waals surface area contributed by atoms with Gasteiger partial charge in [0.25, 0.3) is 0 Å². The third-order valence-corrected chi connectivity index (χ3v) is 2.58. The zero-order chi connectivity index (χ0) is 13.0. The molecule has 0 aliphatic heterocycles. The second kappa shape index (κ2) is 5.63. The number of carbonyl (C=O) groups is 1. The molecular formula is C11H18N6O. The van der Waals surface area contributed by atoms with E-state index in [9.17, 15) is 4.79 Å². The van der Waals surface area contributed by atoms with Crippen LogP contribution in [0.3, 0.4) is 0 Å². The minimum atomic E-state index is 0.0768. The fourth-order valence-electron chi connectivity index (χ4n) is 1.56. The van der Waals surface area contributed by atoms with Crippen molar-refractivity contribution in [1.82, 2.24) is 15.3 Å². The summed E-state index contributed by atoms with van der Waals surface area (Å²) in [5.41, 5.74) is 3.21. The molecule has 5 N–H and O–H groups in total. The van der Waals surface area contributed by atoms with E-state index in [0.717, 1.165) is 18.5 Å². The summed E-state index contributed by atoms with van der Waals surface area (Å²) in [6, 6.07) is 2.21. The van der Waals surface area contributed by atoms with Gasteiger partial charge in [-0.3, -0.25) is 10.2 Å². The zero-order valence-electron chi connectivity index (χ0n) is 10.4. The molecule has 0 atom stereocenters. The van der Waals surface area contributed by atoms with Gasteiger partial charge in [0.2, 0.25) is 11.9 Å². The smallest absolute Gasteiger partial charge is 0.239 e. The number of rotatable bonds is 6. The Balaban J connectivity index is 1.78. The number of hydrogen-bond acceptors (Lipinski definition) is 6. The van der Waals surface area contributed by atoms with Gasteiger partial charge in [0.15, 0.2) is 0 Å². The predicted octanol–water partition coefficient (Wildman–Crippen LogP) is 0.151. The number of hydrazine groups is 1. The number of nitrogens with zero attached hydrogens (tertiary/aromatic N) is 2. The maximum atomic E-state index is 11.5. The van der Waals surface area contributed by atoms with Gasteiger partial charge in [0, 0.05) is 30.8 Å². The van der Waals surface area contributed by atoms with Crippen molar-refractivity contribution in [2.75, 3.05) is 17.3 Å². The Labute approximate surface area is 106 Å². The lowest BCUT2D eigenvalue weighted by Crippen LogP contribution is -2.27. The summed E-state index contributed by atoms with van der Waals surface area (Å²) in [6.45, 7) is 2.40. The van der Waals surface area contributed by atoms with Gasteiger partial charge >= 0.3 is 0 Å². The van der Waals surface area contributed by atoms with Crippen molar-refractivity contribution in [3.63, 3.8) is 0 Å². The summed E-state index contributed by atoms with van der Waals surface area (Å²) >= 11 is 0. The minimum absolute atomic E-state index is 0.0768. The van der Waals surface area contributed by atoms with Crippen molar-refractivity contribution in [2.45, 2.75) is 32.2 Å². The first-order valence-corrected chi connectivity index (χ1v) is 6.03. The molecule has 7 nitrogen and oxygen atoms in total. The van der Waals surface area contributed by atoms with Gasteiger partial charge in [-0.25, -0.2) is 10.8 Å². The zero-order valence-corrected chi connectivity index (χ0v) is 10.4. The fraction of sp³-hybridized carbons (Fsp3) is 0.545. The fourth-order valence-corrected chi connectivity index (χ4v) is 1.56. The summed E-state index contributed by atoms with van der Waals surface area (Å²) in [6.07, 6.45) is 2.65. The third kappa shape index (κ3) is 3.85. The minimum Gasteiger partial charge on any atom is -0.369 e. The van der Waals surface area contributed by atoms with E-state index in [1.807, 2.05) is 6.92 Å². The highest BCUT2D eigenvalue weighted by Crippen LogP contribution is 2.18. The lowest BCUT2D eigenvalue weighted by molar-refractivity contribution is -0.120. The highest BCUT2D eigenvalue weighted by atomic mass is 16.1. The Morgan fingerprint density at radius 1 is 1.50 bits per heavy atom. The van der Waals surface area contributed by atoms with E-state index in [1.54, 1.807) is 6.07 Å². The molecule has 1 aliphatic carbocycles. The molecule has 1 aromatic rings. The number of carbonyl (C=O) groups excluding carboxylic acids is 1. The van der Waals surface area contributed by atoms with Crippen LogP contribution in [0.25, 0.3) is 0 Å². The molecule has 7 heteroatoms. The molecule has 0 bridgehead atoms. The largest absolute Gasteiger partial charge is 0.369 e. The summed E-state index contributed by atoms with van der Waals surface area (Å²) in [7, 11) is 0. The SMILES string of the molecule is Cc1cc(NCCC(=O)NC2CC2)nc(NN)n1. The van der Waals surface area contributed by atoms with Crippen LogP contribution >= 0.6 is 0 Å². The molecule has 0 unspecified atom stereocenters. The summed E-state index contributed by atoms with van der Waals surface area (Å²) in [5.74, 6) is 6.36. The highest BCUT2D eigenvalue weighted by Gasteiger charge is 2.22. The molecule has 0 spiro atoms. The number of amides is 1. The average molecular weight is 250 g/mol. The highest BCUT2D eigenvalue weighted by molar-refractivity contribution is 5.77. The molecule has 1 saturated carbocycles. The monoisotopic (exact) mass is 250 g/mol. The lowest BCUT2D eigenvalue weighted by Gasteiger charge is -2.08. The van der Waals surface area contributed by atoms with Crippen LogP contribution < -0.4 is 21.9 Å². The van der Waals surface area contributed by atoms with E-state index < -0.39 is 0 Å². The number of anilines is 2. The number of nitrogen functional groups attached to an aromatic ring is 1. The lowest BCUT2D eigenvalue weighted by atomic mass is 10.3. The van der Waals surface area contributed by atoms with Crippen LogP contribution in [-0.2, 0) is 4.79 Å². The van der Waals surface area contributed by atoms with Crippen molar-refractivity contribution >= 4 is 17.7 Å². The van der Waals surface area contributed by atoms with Crippen molar-refractivity contribution in [3.8, 4) is 0 Å². The van der Waals surface area contributed by atoms with Gasteiger partial charge in [-0.15, -0.1) is 0 Å². The molecule has 98 valence electrons. The predicted molar refractivity (Wildman–Crippen MR) is 68.9 cm³/mol. The standard InChI is InChI=1S/C11H18N6O/c1-7-6-9(16-11(14-7)17-12)13-5-4-10(18)15-8-2-3-8/h6,8H,2-5,12H2,1H3,(H,15,18)(H2,13,14,16,17). The number of nitrogens with one attached hydrogen (secondary N) is 3. The normalized spacial score (nSPS) is 14.1. The van der Waals surface area contributed by atoms with Crippen molar-refractivity contribution in [1.29, 1.82) is 0 Å². The molecule has 18 heavy (non-hydrogen) atoms.